The monoisotopic (exact) mass is 268 g/mol. The molecule has 1 amide bonds. The first-order valence-electron chi connectivity index (χ1n) is 7.54. The van der Waals surface area contributed by atoms with Crippen LogP contribution in [0.3, 0.4) is 0 Å². The highest BCUT2D eigenvalue weighted by atomic mass is 16.1. The van der Waals surface area contributed by atoms with Gasteiger partial charge in [0.15, 0.2) is 0 Å². The Kier molecular flexibility index (Phi) is 7.72. The molecule has 2 N–H and O–H groups in total. The van der Waals surface area contributed by atoms with Gasteiger partial charge in [-0.05, 0) is 51.1 Å². The Morgan fingerprint density at radius 3 is 2.53 bits per heavy atom. The van der Waals surface area contributed by atoms with Gasteiger partial charge in [-0.1, -0.05) is 19.3 Å². The predicted octanol–water partition coefficient (Wildman–Crippen LogP) is 1.97. The number of nitrogens with zero attached hydrogens (tertiary/aromatic N) is 1. The predicted molar refractivity (Wildman–Crippen MR) is 76.7 cm³/mol. The van der Waals surface area contributed by atoms with Crippen LogP contribution in [0.2, 0.25) is 0 Å². The molecule has 4 nitrogen and oxygen atoms in total. The van der Waals surface area contributed by atoms with E-state index in [4.69, 9.17) is 4.79 Å². The van der Waals surface area contributed by atoms with Crippen molar-refractivity contribution < 1.29 is 9.59 Å². The molecule has 4 heteroatoms. The summed E-state index contributed by atoms with van der Waals surface area (Å²) in [6, 6.07) is 0. The molecule has 2 rings (SSSR count). The molecule has 2 fully saturated rings. The van der Waals surface area contributed by atoms with Gasteiger partial charge < -0.3 is 15.4 Å². The molecule has 0 radical (unpaired) electrons. The van der Waals surface area contributed by atoms with E-state index in [1.54, 1.807) is 6.92 Å². The molecule has 0 aromatic rings. The molecular weight excluding hydrogens is 240 g/mol. The van der Waals surface area contributed by atoms with Gasteiger partial charge in [0.2, 0.25) is 6.41 Å². The van der Waals surface area contributed by atoms with E-state index in [0.717, 1.165) is 31.2 Å². The van der Waals surface area contributed by atoms with Gasteiger partial charge in [0.05, 0.1) is 0 Å². The lowest BCUT2D eigenvalue weighted by Gasteiger charge is -2.41. The number of carbonyl (C=O) groups is 2. The van der Waals surface area contributed by atoms with E-state index in [1.165, 1.54) is 45.2 Å². The topological polar surface area (TPSA) is 63.4 Å². The van der Waals surface area contributed by atoms with Gasteiger partial charge in [-0.3, -0.25) is 4.79 Å². The third kappa shape index (κ3) is 6.19. The smallest absolute Gasteiger partial charge is 0.204 e. The highest BCUT2D eigenvalue weighted by Crippen LogP contribution is 2.35. The summed E-state index contributed by atoms with van der Waals surface area (Å²) in [5.41, 5.74) is 4.17. The minimum absolute atomic E-state index is 0.250. The number of carbonyl (C=O) groups excluding carboxylic acids is 2. The molecule has 0 bridgehead atoms. The SMILES string of the molecule is CC(=O)CCCN1CCC2CCCCC2C1.NC=O. The van der Waals surface area contributed by atoms with Crippen molar-refractivity contribution in [2.45, 2.75) is 51.9 Å². The van der Waals surface area contributed by atoms with Crippen molar-refractivity contribution in [3.05, 3.63) is 0 Å². The fraction of sp³-hybridized carbons (Fsp3) is 0.867. The van der Waals surface area contributed by atoms with Crippen LogP contribution >= 0.6 is 0 Å². The molecule has 0 aromatic carbocycles. The van der Waals surface area contributed by atoms with Crippen LogP contribution in [0.5, 0.6) is 0 Å². The number of hydrogen-bond donors (Lipinski definition) is 1. The molecule has 1 aliphatic carbocycles. The van der Waals surface area contributed by atoms with E-state index in [-0.39, 0.29) is 6.41 Å². The molecule has 2 atom stereocenters. The van der Waals surface area contributed by atoms with Crippen molar-refractivity contribution in [1.82, 2.24) is 4.90 Å². The summed E-state index contributed by atoms with van der Waals surface area (Å²) >= 11 is 0. The Hall–Kier alpha value is -0.900. The summed E-state index contributed by atoms with van der Waals surface area (Å²) in [6.07, 6.45) is 9.33. The lowest BCUT2D eigenvalue weighted by atomic mass is 9.75. The van der Waals surface area contributed by atoms with Crippen molar-refractivity contribution in [3.63, 3.8) is 0 Å². The van der Waals surface area contributed by atoms with Gasteiger partial charge in [0, 0.05) is 13.0 Å². The van der Waals surface area contributed by atoms with Crippen molar-refractivity contribution in [2.75, 3.05) is 19.6 Å². The first-order chi connectivity index (χ1) is 9.17. The molecular formula is C15H28N2O2. The van der Waals surface area contributed by atoms with Crippen molar-refractivity contribution in [3.8, 4) is 0 Å². The molecule has 19 heavy (non-hydrogen) atoms. The number of Topliss-reactive ketones (excluding diaryl/α,β-unsaturated/α-hetero) is 1. The van der Waals surface area contributed by atoms with Crippen molar-refractivity contribution in [1.29, 1.82) is 0 Å². The number of ketones is 1. The number of rotatable bonds is 4. The number of piperidine rings is 1. The standard InChI is InChI=1S/C14H25NO.CH3NO/c1-12(16)5-4-9-15-10-8-13-6-2-3-7-14(13)11-15;2-1-3/h13-14H,2-11H2,1H3;1H,(H2,2,3). The average Bonchev–Trinajstić information content (AvgIpc) is 2.39. The number of hydrogen-bond acceptors (Lipinski definition) is 3. The summed E-state index contributed by atoms with van der Waals surface area (Å²) < 4.78 is 0. The summed E-state index contributed by atoms with van der Waals surface area (Å²) in [5.74, 6) is 2.34. The quantitative estimate of drug-likeness (QED) is 0.793. The summed E-state index contributed by atoms with van der Waals surface area (Å²) in [6.45, 7) is 5.43. The minimum atomic E-state index is 0.250. The highest BCUT2D eigenvalue weighted by molar-refractivity contribution is 5.75. The fourth-order valence-electron chi connectivity index (χ4n) is 3.43. The first-order valence-corrected chi connectivity index (χ1v) is 7.54. The van der Waals surface area contributed by atoms with Crippen LogP contribution in [0.25, 0.3) is 0 Å². The Morgan fingerprint density at radius 1 is 1.26 bits per heavy atom. The normalized spacial score (nSPS) is 26.8. The summed E-state index contributed by atoms with van der Waals surface area (Å²) in [5, 5.41) is 0. The van der Waals surface area contributed by atoms with E-state index in [9.17, 15) is 4.79 Å². The van der Waals surface area contributed by atoms with Crippen LogP contribution in [0.1, 0.15) is 51.9 Å². The van der Waals surface area contributed by atoms with E-state index < -0.39 is 0 Å². The number of nitrogens with two attached hydrogens (primary N) is 1. The molecule has 1 saturated carbocycles. The van der Waals surface area contributed by atoms with Crippen LogP contribution in [-0.2, 0) is 9.59 Å². The van der Waals surface area contributed by atoms with Crippen molar-refractivity contribution >= 4 is 12.2 Å². The average molecular weight is 268 g/mol. The molecule has 2 unspecified atom stereocenters. The van der Waals surface area contributed by atoms with Gasteiger partial charge in [-0.25, -0.2) is 0 Å². The van der Waals surface area contributed by atoms with Gasteiger partial charge in [0.1, 0.15) is 5.78 Å². The summed E-state index contributed by atoms with van der Waals surface area (Å²) in [4.78, 5) is 22.1. The van der Waals surface area contributed by atoms with E-state index in [1.807, 2.05) is 0 Å². The van der Waals surface area contributed by atoms with Gasteiger partial charge in [-0.2, -0.15) is 0 Å². The largest absolute Gasteiger partial charge is 0.372 e. The molecule has 1 heterocycles. The molecule has 0 aromatic heterocycles. The Morgan fingerprint density at radius 2 is 1.89 bits per heavy atom. The highest BCUT2D eigenvalue weighted by Gasteiger charge is 2.30. The lowest BCUT2D eigenvalue weighted by molar-refractivity contribution is -0.117. The third-order valence-electron chi connectivity index (χ3n) is 4.38. The second kappa shape index (κ2) is 9.08. The maximum Gasteiger partial charge on any atom is 0.204 e. The number of primary amides is 1. The molecule has 110 valence electrons. The fourth-order valence-corrected chi connectivity index (χ4v) is 3.43. The van der Waals surface area contributed by atoms with E-state index in [2.05, 4.69) is 10.6 Å². The van der Waals surface area contributed by atoms with Crippen LogP contribution in [-0.4, -0.2) is 36.7 Å². The first kappa shape index (κ1) is 16.2. The van der Waals surface area contributed by atoms with Crippen LogP contribution in [0, 0.1) is 11.8 Å². The number of amides is 1. The Bertz CT molecular complexity index is 281. The third-order valence-corrected chi connectivity index (χ3v) is 4.38. The van der Waals surface area contributed by atoms with Gasteiger partial charge in [-0.15, -0.1) is 0 Å². The van der Waals surface area contributed by atoms with Gasteiger partial charge >= 0.3 is 0 Å². The number of likely N-dealkylation sites (tertiary alicyclic amines) is 1. The maximum atomic E-state index is 10.9. The zero-order valence-electron chi connectivity index (χ0n) is 12.1. The Labute approximate surface area is 116 Å². The molecule has 1 saturated heterocycles. The zero-order chi connectivity index (χ0) is 14.1. The van der Waals surface area contributed by atoms with Crippen LogP contribution in [0.15, 0.2) is 0 Å². The Balaban J connectivity index is 0.000000550. The molecule has 2 aliphatic rings. The van der Waals surface area contributed by atoms with Crippen molar-refractivity contribution in [2.24, 2.45) is 17.6 Å². The van der Waals surface area contributed by atoms with Crippen LogP contribution < -0.4 is 5.73 Å². The van der Waals surface area contributed by atoms with E-state index in [0.29, 0.717) is 5.78 Å². The number of fused-ring (bicyclic) bond motifs is 1. The van der Waals surface area contributed by atoms with E-state index >= 15 is 0 Å². The summed E-state index contributed by atoms with van der Waals surface area (Å²) in [7, 11) is 0. The lowest BCUT2D eigenvalue weighted by Crippen LogP contribution is -2.42. The second-order valence-corrected chi connectivity index (χ2v) is 5.84. The zero-order valence-corrected chi connectivity index (χ0v) is 12.1. The van der Waals surface area contributed by atoms with Crippen LogP contribution in [0.4, 0.5) is 0 Å². The molecule has 1 aliphatic heterocycles. The second-order valence-electron chi connectivity index (χ2n) is 5.84. The minimum Gasteiger partial charge on any atom is -0.372 e. The maximum absolute atomic E-state index is 10.9. The molecule has 0 spiro atoms. The van der Waals surface area contributed by atoms with Gasteiger partial charge in [0.25, 0.3) is 0 Å².